The van der Waals surface area contributed by atoms with Crippen molar-refractivity contribution in [1.82, 2.24) is 15.4 Å². The summed E-state index contributed by atoms with van der Waals surface area (Å²) in [5.74, 6) is 0.885. The summed E-state index contributed by atoms with van der Waals surface area (Å²) in [6, 6.07) is 2.34. The number of likely N-dealkylation sites (N-methyl/N-ethyl adjacent to an activating group) is 1. The molecule has 0 radical (unpaired) electrons. The molecule has 0 aromatic carbocycles. The van der Waals surface area contributed by atoms with Gasteiger partial charge in [-0.15, -0.1) is 0 Å². The molecule has 5 heteroatoms. The molecule has 1 N–H and O–H groups in total. The van der Waals surface area contributed by atoms with E-state index in [4.69, 9.17) is 9.26 Å². The van der Waals surface area contributed by atoms with Crippen LogP contribution in [-0.2, 0) is 17.8 Å². The van der Waals surface area contributed by atoms with Gasteiger partial charge in [0.15, 0.2) is 5.76 Å². The minimum atomic E-state index is 0.364. The summed E-state index contributed by atoms with van der Waals surface area (Å²) in [4.78, 5) is 2.17. The van der Waals surface area contributed by atoms with E-state index in [0.29, 0.717) is 12.6 Å². The molecule has 0 bridgehead atoms. The molecule has 92 valence electrons. The van der Waals surface area contributed by atoms with Crippen LogP contribution in [0.25, 0.3) is 0 Å². The molecule has 0 aliphatic heterocycles. The van der Waals surface area contributed by atoms with Gasteiger partial charge in [0.1, 0.15) is 0 Å². The van der Waals surface area contributed by atoms with E-state index in [-0.39, 0.29) is 0 Å². The third kappa shape index (κ3) is 3.92. The van der Waals surface area contributed by atoms with Crippen molar-refractivity contribution in [2.45, 2.75) is 26.1 Å². The molecule has 1 atom stereocenters. The molecule has 1 aromatic heterocycles. The van der Waals surface area contributed by atoms with Crippen molar-refractivity contribution in [2.24, 2.45) is 0 Å². The number of rotatable bonds is 7. The maximum atomic E-state index is 5.24. The number of ether oxygens (including phenoxy) is 1. The Kier molecular flexibility index (Phi) is 5.45. The van der Waals surface area contributed by atoms with Gasteiger partial charge in [0.25, 0.3) is 0 Å². The monoisotopic (exact) mass is 227 g/mol. The molecule has 0 amide bonds. The van der Waals surface area contributed by atoms with Crippen LogP contribution < -0.4 is 5.32 Å². The third-order valence-electron chi connectivity index (χ3n) is 2.53. The fraction of sp³-hybridized carbons (Fsp3) is 0.727. The Morgan fingerprint density at radius 2 is 2.38 bits per heavy atom. The van der Waals surface area contributed by atoms with E-state index < -0.39 is 0 Å². The zero-order valence-corrected chi connectivity index (χ0v) is 10.5. The third-order valence-corrected chi connectivity index (χ3v) is 2.53. The van der Waals surface area contributed by atoms with Gasteiger partial charge >= 0.3 is 0 Å². The predicted octanol–water partition coefficient (Wildman–Crippen LogP) is 0.861. The highest BCUT2D eigenvalue weighted by Crippen LogP contribution is 2.08. The van der Waals surface area contributed by atoms with E-state index in [1.165, 1.54) is 0 Å². The van der Waals surface area contributed by atoms with E-state index in [2.05, 4.69) is 22.3 Å². The molecule has 5 nitrogen and oxygen atoms in total. The molecule has 0 fully saturated rings. The van der Waals surface area contributed by atoms with Crippen LogP contribution in [0.1, 0.15) is 18.4 Å². The Morgan fingerprint density at radius 1 is 1.62 bits per heavy atom. The first kappa shape index (κ1) is 13.2. The summed E-state index contributed by atoms with van der Waals surface area (Å²) >= 11 is 0. The fourth-order valence-electron chi connectivity index (χ4n) is 1.46. The number of aromatic nitrogens is 1. The van der Waals surface area contributed by atoms with Crippen LogP contribution in [0.4, 0.5) is 0 Å². The number of methoxy groups -OCH3 is 1. The number of nitrogens with zero attached hydrogens (tertiary/aromatic N) is 2. The Hall–Kier alpha value is -0.910. The smallest absolute Gasteiger partial charge is 0.151 e. The zero-order chi connectivity index (χ0) is 12.0. The summed E-state index contributed by atoms with van der Waals surface area (Å²) in [5, 5.41) is 7.01. The maximum Gasteiger partial charge on any atom is 0.151 e. The fourth-order valence-corrected chi connectivity index (χ4v) is 1.46. The quantitative estimate of drug-likeness (QED) is 0.748. The van der Waals surface area contributed by atoms with Gasteiger partial charge in [-0.2, -0.15) is 0 Å². The number of hydrogen-bond donors (Lipinski definition) is 1. The summed E-state index contributed by atoms with van der Waals surface area (Å²) in [6.45, 7) is 4.32. The standard InChI is InChI=1S/C11H21N3O2/c1-9(8-15-4)14(3)7-11-5-10(6-12-2)13-16-11/h5,9,12H,6-8H2,1-4H3. The first-order valence-corrected chi connectivity index (χ1v) is 5.45. The van der Waals surface area contributed by atoms with Crippen LogP contribution in [0.5, 0.6) is 0 Å². The van der Waals surface area contributed by atoms with E-state index in [1.807, 2.05) is 20.2 Å². The van der Waals surface area contributed by atoms with E-state index in [9.17, 15) is 0 Å². The average Bonchev–Trinajstić information content (AvgIpc) is 2.66. The van der Waals surface area contributed by atoms with Crippen LogP contribution in [0.15, 0.2) is 10.6 Å². The minimum absolute atomic E-state index is 0.364. The molecule has 0 aliphatic rings. The molecule has 1 aromatic rings. The van der Waals surface area contributed by atoms with Gasteiger partial charge in [-0.1, -0.05) is 5.16 Å². The van der Waals surface area contributed by atoms with Crippen LogP contribution in [0, 0.1) is 0 Å². The van der Waals surface area contributed by atoms with Crippen molar-refractivity contribution < 1.29 is 9.26 Å². The van der Waals surface area contributed by atoms with Crippen molar-refractivity contribution in [1.29, 1.82) is 0 Å². The lowest BCUT2D eigenvalue weighted by Crippen LogP contribution is -2.32. The Balaban J connectivity index is 2.45. The second-order valence-electron chi connectivity index (χ2n) is 4.03. The van der Waals surface area contributed by atoms with Crippen molar-refractivity contribution >= 4 is 0 Å². The van der Waals surface area contributed by atoms with Gasteiger partial charge in [-0.25, -0.2) is 0 Å². The summed E-state index contributed by atoms with van der Waals surface area (Å²) in [7, 11) is 5.65. The minimum Gasteiger partial charge on any atom is -0.383 e. The molecular weight excluding hydrogens is 206 g/mol. The second-order valence-corrected chi connectivity index (χ2v) is 4.03. The van der Waals surface area contributed by atoms with Gasteiger partial charge < -0.3 is 14.6 Å². The predicted molar refractivity (Wildman–Crippen MR) is 62.1 cm³/mol. The van der Waals surface area contributed by atoms with E-state index in [0.717, 1.165) is 24.5 Å². The largest absolute Gasteiger partial charge is 0.383 e. The zero-order valence-electron chi connectivity index (χ0n) is 10.5. The molecule has 0 saturated carbocycles. The average molecular weight is 227 g/mol. The first-order chi connectivity index (χ1) is 7.67. The molecule has 1 heterocycles. The summed E-state index contributed by atoms with van der Waals surface area (Å²) in [5.41, 5.74) is 0.935. The Bertz CT molecular complexity index is 301. The van der Waals surface area contributed by atoms with Gasteiger partial charge in [-0.05, 0) is 21.0 Å². The van der Waals surface area contributed by atoms with Gasteiger partial charge in [0, 0.05) is 25.8 Å². The molecule has 16 heavy (non-hydrogen) atoms. The van der Waals surface area contributed by atoms with Gasteiger partial charge in [0.05, 0.1) is 18.8 Å². The highest BCUT2D eigenvalue weighted by atomic mass is 16.5. The lowest BCUT2D eigenvalue weighted by Gasteiger charge is -2.22. The molecule has 0 spiro atoms. The van der Waals surface area contributed by atoms with Crippen LogP contribution in [-0.4, -0.2) is 43.9 Å². The SMILES string of the molecule is CNCc1cc(CN(C)C(C)COC)on1. The maximum absolute atomic E-state index is 5.24. The lowest BCUT2D eigenvalue weighted by atomic mass is 10.3. The van der Waals surface area contributed by atoms with Crippen molar-refractivity contribution in [3.05, 3.63) is 17.5 Å². The van der Waals surface area contributed by atoms with Crippen LogP contribution in [0.2, 0.25) is 0 Å². The van der Waals surface area contributed by atoms with Crippen molar-refractivity contribution in [2.75, 3.05) is 27.8 Å². The first-order valence-electron chi connectivity index (χ1n) is 5.45. The molecule has 1 unspecified atom stereocenters. The molecule has 0 saturated heterocycles. The molecule has 0 aliphatic carbocycles. The van der Waals surface area contributed by atoms with Crippen molar-refractivity contribution in [3.63, 3.8) is 0 Å². The second kappa shape index (κ2) is 6.62. The van der Waals surface area contributed by atoms with Crippen LogP contribution >= 0.6 is 0 Å². The summed E-state index contributed by atoms with van der Waals surface area (Å²) in [6.07, 6.45) is 0. The highest BCUT2D eigenvalue weighted by Gasteiger charge is 2.12. The molecular formula is C11H21N3O2. The van der Waals surface area contributed by atoms with Gasteiger partial charge in [0.2, 0.25) is 0 Å². The molecule has 1 rings (SSSR count). The highest BCUT2D eigenvalue weighted by molar-refractivity contribution is 5.05. The van der Waals surface area contributed by atoms with Crippen molar-refractivity contribution in [3.8, 4) is 0 Å². The summed E-state index contributed by atoms with van der Waals surface area (Å²) < 4.78 is 10.4. The Labute approximate surface area is 96.7 Å². The van der Waals surface area contributed by atoms with E-state index in [1.54, 1.807) is 7.11 Å². The Morgan fingerprint density at radius 3 is 3.00 bits per heavy atom. The number of hydrogen-bond acceptors (Lipinski definition) is 5. The lowest BCUT2D eigenvalue weighted by molar-refractivity contribution is 0.106. The topological polar surface area (TPSA) is 50.5 Å². The van der Waals surface area contributed by atoms with Crippen LogP contribution in [0.3, 0.4) is 0 Å². The number of nitrogens with one attached hydrogen (secondary N) is 1. The van der Waals surface area contributed by atoms with E-state index >= 15 is 0 Å². The normalized spacial score (nSPS) is 13.3. The van der Waals surface area contributed by atoms with Gasteiger partial charge in [-0.3, -0.25) is 4.90 Å².